The Kier molecular flexibility index (Phi) is 10.8. The van der Waals surface area contributed by atoms with Crippen LogP contribution in [-0.2, 0) is 20.0 Å². The molecule has 5 rings (SSSR count). The number of rotatable bonds is 13. The molecule has 8 nitrogen and oxygen atoms in total. The van der Waals surface area contributed by atoms with E-state index in [9.17, 15) is 9.13 Å². The van der Waals surface area contributed by atoms with Crippen molar-refractivity contribution in [2.75, 3.05) is 6.35 Å². The molecule has 0 N–H and O–H groups in total. The van der Waals surface area contributed by atoms with Crippen molar-refractivity contribution in [1.82, 2.24) is 0 Å². The summed E-state index contributed by atoms with van der Waals surface area (Å²) in [4.78, 5) is 0. The highest BCUT2D eigenvalue weighted by atomic mass is 31.2. The minimum absolute atomic E-state index is 0.296. The maximum Gasteiger partial charge on any atom is 0.647 e. The van der Waals surface area contributed by atoms with Gasteiger partial charge in [-0.05, 0) is 71.5 Å². The Morgan fingerprint density at radius 1 is 0.449 bits per heavy atom. The van der Waals surface area contributed by atoms with Gasteiger partial charge in [0.25, 0.3) is 0 Å². The first-order valence-corrected chi connectivity index (χ1v) is 19.1. The van der Waals surface area contributed by atoms with Crippen molar-refractivity contribution in [2.45, 2.75) is 52.4 Å². The SMILES string of the molecule is CC(C)(C)c1cc(OP(=O)(Oc2ccccc2)Oc2ccccc2)c(C(C)(C)C)cc1OCP(=O)(Oc1ccccc1)Oc1ccccc1. The Bertz CT molecular complexity index is 1810. The fourth-order valence-electron chi connectivity index (χ4n) is 4.83. The van der Waals surface area contributed by atoms with Gasteiger partial charge in [-0.2, -0.15) is 4.57 Å². The number of para-hydroxylation sites is 4. The van der Waals surface area contributed by atoms with E-state index in [0.29, 0.717) is 45.6 Å². The number of phosphoric acid groups is 1. The zero-order chi connectivity index (χ0) is 35.1. The van der Waals surface area contributed by atoms with Gasteiger partial charge in [-0.3, -0.25) is 0 Å². The Labute approximate surface area is 289 Å². The predicted octanol–water partition coefficient (Wildman–Crippen LogP) is 11.6. The van der Waals surface area contributed by atoms with Gasteiger partial charge >= 0.3 is 15.4 Å². The van der Waals surface area contributed by atoms with E-state index in [-0.39, 0.29) is 0 Å². The molecular formula is C39H42O8P2. The summed E-state index contributed by atoms with van der Waals surface area (Å²) in [7, 11) is -8.23. The van der Waals surface area contributed by atoms with Gasteiger partial charge in [0.1, 0.15) is 34.5 Å². The molecule has 0 aliphatic rings. The molecule has 10 heteroatoms. The third kappa shape index (κ3) is 9.95. The second kappa shape index (κ2) is 14.9. The van der Waals surface area contributed by atoms with Crippen LogP contribution in [0.15, 0.2) is 133 Å². The Morgan fingerprint density at radius 3 is 1.14 bits per heavy atom. The molecule has 0 saturated heterocycles. The average Bonchev–Trinajstić information content (AvgIpc) is 3.05. The van der Waals surface area contributed by atoms with E-state index in [1.807, 2.05) is 71.9 Å². The third-order valence-electron chi connectivity index (χ3n) is 7.18. The van der Waals surface area contributed by atoms with Crippen molar-refractivity contribution in [3.8, 4) is 34.5 Å². The van der Waals surface area contributed by atoms with Crippen LogP contribution in [-0.4, -0.2) is 6.35 Å². The highest BCUT2D eigenvalue weighted by molar-refractivity contribution is 7.54. The number of benzene rings is 5. The smallest absolute Gasteiger partial charge is 0.478 e. The lowest BCUT2D eigenvalue weighted by Gasteiger charge is -2.30. The summed E-state index contributed by atoms with van der Waals surface area (Å²) in [6, 6.07) is 38.7. The molecule has 0 fully saturated rings. The molecule has 0 radical (unpaired) electrons. The molecule has 0 saturated carbocycles. The van der Waals surface area contributed by atoms with Crippen LogP contribution >= 0.6 is 15.4 Å². The first kappa shape index (κ1) is 35.7. The first-order valence-electron chi connectivity index (χ1n) is 15.9. The van der Waals surface area contributed by atoms with E-state index in [1.165, 1.54) is 0 Å². The lowest BCUT2D eigenvalue weighted by atomic mass is 9.81. The Balaban J connectivity index is 1.54. The van der Waals surface area contributed by atoms with Gasteiger partial charge in [0, 0.05) is 11.1 Å². The third-order valence-corrected chi connectivity index (χ3v) is 9.89. The van der Waals surface area contributed by atoms with Gasteiger partial charge < -0.3 is 27.4 Å². The lowest BCUT2D eigenvalue weighted by Crippen LogP contribution is -2.20. The summed E-state index contributed by atoms with van der Waals surface area (Å²) in [6.45, 7) is 12.0. The molecule has 0 heterocycles. The van der Waals surface area contributed by atoms with Crippen LogP contribution in [0.4, 0.5) is 0 Å². The van der Waals surface area contributed by atoms with Gasteiger partial charge in [-0.15, -0.1) is 0 Å². The van der Waals surface area contributed by atoms with Gasteiger partial charge in [0.05, 0.1) is 0 Å². The fraction of sp³-hybridized carbons (Fsp3) is 0.231. The Hall–Kier alpha value is -4.64. The first-order chi connectivity index (χ1) is 23.2. The van der Waals surface area contributed by atoms with E-state index in [4.69, 9.17) is 27.4 Å². The quantitative estimate of drug-likeness (QED) is 0.112. The summed E-state index contributed by atoms with van der Waals surface area (Å²) < 4.78 is 65.3. The highest BCUT2D eigenvalue weighted by Crippen LogP contribution is 2.54. The minimum atomic E-state index is -4.31. The minimum Gasteiger partial charge on any atom is -0.478 e. The van der Waals surface area contributed by atoms with Gasteiger partial charge in [0.2, 0.25) is 6.35 Å². The van der Waals surface area contributed by atoms with Gasteiger partial charge in [0.15, 0.2) is 0 Å². The zero-order valence-corrected chi connectivity index (χ0v) is 30.4. The van der Waals surface area contributed by atoms with Crippen LogP contribution < -0.4 is 27.4 Å². The number of phosphoric ester groups is 1. The summed E-state index contributed by atoms with van der Waals surface area (Å²) in [5, 5.41) is 0. The van der Waals surface area contributed by atoms with E-state index in [2.05, 4.69) is 0 Å². The fourth-order valence-corrected chi connectivity index (χ4v) is 7.42. The monoisotopic (exact) mass is 700 g/mol. The second-order valence-corrected chi connectivity index (χ2v) is 16.7. The summed E-state index contributed by atoms with van der Waals surface area (Å²) in [6.07, 6.45) is -0.392. The molecule has 0 unspecified atom stereocenters. The van der Waals surface area contributed by atoms with Crippen molar-refractivity contribution in [2.24, 2.45) is 0 Å². The van der Waals surface area contributed by atoms with Crippen molar-refractivity contribution < 1.29 is 36.5 Å². The molecule has 0 aliphatic carbocycles. The molecule has 5 aromatic carbocycles. The summed E-state index contributed by atoms with van der Waals surface area (Å²) in [5.41, 5.74) is 0.331. The topological polar surface area (TPSA) is 89.5 Å². The van der Waals surface area contributed by atoms with Crippen LogP contribution in [0.1, 0.15) is 52.7 Å². The number of hydrogen-bond acceptors (Lipinski definition) is 8. The molecule has 49 heavy (non-hydrogen) atoms. The van der Waals surface area contributed by atoms with Crippen LogP contribution in [0.3, 0.4) is 0 Å². The largest absolute Gasteiger partial charge is 0.647 e. The molecule has 0 atom stereocenters. The Morgan fingerprint density at radius 2 is 0.776 bits per heavy atom. The van der Waals surface area contributed by atoms with Gasteiger partial charge in [-0.1, -0.05) is 114 Å². The standard InChI is InChI=1S/C39H42O8P2/c1-38(2,3)34-28-37(47-49(41,45-32-23-15-9-16-24-32)46-33-25-17-10-18-26-33)35(39(4,5)6)27-36(34)42-29-48(40,43-30-19-11-7-12-20-30)44-31-21-13-8-14-22-31/h7-28H,29H2,1-6H3. The molecule has 0 bridgehead atoms. The van der Waals surface area contributed by atoms with Crippen LogP contribution in [0.5, 0.6) is 34.5 Å². The van der Waals surface area contributed by atoms with Crippen LogP contribution in [0.25, 0.3) is 0 Å². The maximum absolute atomic E-state index is 14.5. The van der Waals surface area contributed by atoms with E-state index in [0.717, 1.165) is 0 Å². The van der Waals surface area contributed by atoms with Crippen LogP contribution in [0, 0.1) is 0 Å². The summed E-state index contributed by atoms with van der Waals surface area (Å²) >= 11 is 0. The molecule has 256 valence electrons. The van der Waals surface area contributed by atoms with Crippen molar-refractivity contribution in [3.05, 3.63) is 145 Å². The predicted molar refractivity (Wildman–Crippen MR) is 193 cm³/mol. The molecule has 5 aromatic rings. The number of ether oxygens (including phenoxy) is 1. The molecule has 0 amide bonds. The van der Waals surface area contributed by atoms with Gasteiger partial charge in [-0.25, -0.2) is 4.57 Å². The molecule has 0 aromatic heterocycles. The second-order valence-electron chi connectivity index (χ2n) is 13.4. The van der Waals surface area contributed by atoms with E-state index in [1.54, 1.807) is 103 Å². The molecular weight excluding hydrogens is 658 g/mol. The van der Waals surface area contributed by atoms with Crippen molar-refractivity contribution in [3.63, 3.8) is 0 Å². The van der Waals surface area contributed by atoms with E-state index < -0.39 is 32.6 Å². The molecule has 0 spiro atoms. The summed E-state index contributed by atoms with van der Waals surface area (Å²) in [5.74, 6) is 2.15. The van der Waals surface area contributed by atoms with E-state index >= 15 is 0 Å². The molecule has 0 aliphatic heterocycles. The van der Waals surface area contributed by atoms with Crippen LogP contribution in [0.2, 0.25) is 0 Å². The van der Waals surface area contributed by atoms with Crippen molar-refractivity contribution in [1.29, 1.82) is 0 Å². The number of hydrogen-bond donors (Lipinski definition) is 0. The zero-order valence-electron chi connectivity index (χ0n) is 28.6. The lowest BCUT2D eigenvalue weighted by molar-refractivity contribution is 0.293. The highest BCUT2D eigenvalue weighted by Gasteiger charge is 2.38. The van der Waals surface area contributed by atoms with Crippen molar-refractivity contribution >= 4 is 15.4 Å². The average molecular weight is 701 g/mol. The maximum atomic E-state index is 14.5. The normalized spacial score (nSPS) is 12.1.